The van der Waals surface area contributed by atoms with Crippen molar-refractivity contribution < 1.29 is 9.18 Å². The van der Waals surface area contributed by atoms with Crippen LogP contribution in [0.4, 0.5) is 10.1 Å². The molecule has 3 heterocycles. The zero-order valence-electron chi connectivity index (χ0n) is 14.4. The molecule has 6 heteroatoms. The third kappa shape index (κ3) is 3.60. The van der Waals surface area contributed by atoms with Gasteiger partial charge in [0.05, 0.1) is 6.54 Å². The van der Waals surface area contributed by atoms with Crippen molar-refractivity contribution in [3.8, 4) is 0 Å². The van der Waals surface area contributed by atoms with E-state index < -0.39 is 0 Å². The van der Waals surface area contributed by atoms with Crippen LogP contribution in [0.2, 0.25) is 0 Å². The number of fused-ring (bicyclic) bond motifs is 1. The highest BCUT2D eigenvalue weighted by Crippen LogP contribution is 2.25. The van der Waals surface area contributed by atoms with E-state index >= 15 is 0 Å². The van der Waals surface area contributed by atoms with Crippen molar-refractivity contribution in [2.45, 2.75) is 18.9 Å². The number of nitrogens with one attached hydrogen (secondary N) is 1. The summed E-state index contributed by atoms with van der Waals surface area (Å²) in [7, 11) is 0. The Morgan fingerprint density at radius 1 is 1.23 bits per heavy atom. The van der Waals surface area contributed by atoms with Crippen LogP contribution in [0.15, 0.2) is 55.1 Å². The molecule has 0 aliphatic carbocycles. The van der Waals surface area contributed by atoms with E-state index in [1.807, 2.05) is 24.5 Å². The molecule has 134 valence electrons. The fourth-order valence-corrected chi connectivity index (χ4v) is 3.50. The van der Waals surface area contributed by atoms with Crippen molar-refractivity contribution >= 4 is 22.4 Å². The summed E-state index contributed by atoms with van der Waals surface area (Å²) in [6.07, 6.45) is 8.32. The predicted molar refractivity (Wildman–Crippen MR) is 99.8 cm³/mol. The number of rotatable bonds is 4. The molecular formula is C20H21FN4O. The van der Waals surface area contributed by atoms with Crippen LogP contribution >= 0.6 is 0 Å². The van der Waals surface area contributed by atoms with Crippen molar-refractivity contribution in [1.29, 1.82) is 0 Å². The summed E-state index contributed by atoms with van der Waals surface area (Å²) in [6, 6.07) is 9.90. The second kappa shape index (κ2) is 7.25. The molecule has 1 aliphatic rings. The molecule has 1 aromatic carbocycles. The molecule has 0 unspecified atom stereocenters. The number of benzene rings is 1. The average molecular weight is 352 g/mol. The zero-order valence-corrected chi connectivity index (χ0v) is 14.4. The second-order valence-corrected chi connectivity index (χ2v) is 6.73. The first kappa shape index (κ1) is 16.7. The van der Waals surface area contributed by atoms with Gasteiger partial charge in [0.25, 0.3) is 0 Å². The number of pyridine rings is 1. The Hall–Kier alpha value is -2.73. The third-order valence-electron chi connectivity index (χ3n) is 4.93. The number of nitrogens with zero attached hydrogens (tertiary/aromatic N) is 3. The fourth-order valence-electron chi connectivity index (χ4n) is 3.50. The minimum absolute atomic E-state index is 0.0955. The van der Waals surface area contributed by atoms with Gasteiger partial charge < -0.3 is 5.32 Å². The molecule has 1 N–H and O–H groups in total. The molecule has 0 atom stereocenters. The van der Waals surface area contributed by atoms with Crippen LogP contribution in [0, 0.1) is 5.82 Å². The van der Waals surface area contributed by atoms with E-state index in [4.69, 9.17) is 0 Å². The summed E-state index contributed by atoms with van der Waals surface area (Å²) in [5.41, 5.74) is 1.13. The van der Waals surface area contributed by atoms with Gasteiger partial charge in [-0.25, -0.2) is 4.39 Å². The summed E-state index contributed by atoms with van der Waals surface area (Å²) in [4.78, 5) is 18.5. The molecule has 0 bridgehead atoms. The summed E-state index contributed by atoms with van der Waals surface area (Å²) in [5, 5.41) is 5.94. The van der Waals surface area contributed by atoms with Crippen LogP contribution in [0.1, 0.15) is 17.6 Å². The second-order valence-electron chi connectivity index (χ2n) is 6.73. The SMILES string of the molecule is O=C(CN1CCC(Nc2cccc3cnccc23)CC1)n1ccc(F)c1. The van der Waals surface area contributed by atoms with E-state index in [1.165, 1.54) is 28.4 Å². The van der Waals surface area contributed by atoms with Crippen LogP contribution < -0.4 is 5.32 Å². The van der Waals surface area contributed by atoms with Crippen molar-refractivity contribution in [2.75, 3.05) is 25.0 Å². The Morgan fingerprint density at radius 3 is 2.85 bits per heavy atom. The summed E-state index contributed by atoms with van der Waals surface area (Å²) < 4.78 is 14.4. The molecule has 4 rings (SSSR count). The first-order valence-corrected chi connectivity index (χ1v) is 8.87. The Bertz CT molecular complexity index is 910. The van der Waals surface area contributed by atoms with E-state index in [1.54, 1.807) is 0 Å². The number of piperidine rings is 1. The number of aromatic nitrogens is 2. The normalized spacial score (nSPS) is 16.0. The first-order valence-electron chi connectivity index (χ1n) is 8.87. The topological polar surface area (TPSA) is 50.2 Å². The molecule has 5 nitrogen and oxygen atoms in total. The maximum atomic E-state index is 13.0. The molecule has 1 saturated heterocycles. The molecule has 0 saturated carbocycles. The molecule has 3 aromatic rings. The number of hydrogen-bond acceptors (Lipinski definition) is 4. The highest BCUT2D eigenvalue weighted by atomic mass is 19.1. The largest absolute Gasteiger partial charge is 0.382 e. The van der Waals surface area contributed by atoms with Crippen molar-refractivity contribution in [3.05, 3.63) is 60.9 Å². The van der Waals surface area contributed by atoms with Crippen LogP contribution in [-0.4, -0.2) is 46.0 Å². The van der Waals surface area contributed by atoms with Crippen molar-refractivity contribution in [2.24, 2.45) is 0 Å². The van der Waals surface area contributed by atoms with Crippen molar-refractivity contribution in [1.82, 2.24) is 14.5 Å². The van der Waals surface area contributed by atoms with Gasteiger partial charge in [0, 0.05) is 60.4 Å². The smallest absolute Gasteiger partial charge is 0.244 e. The maximum absolute atomic E-state index is 13.0. The molecule has 1 aliphatic heterocycles. The summed E-state index contributed by atoms with van der Waals surface area (Å²) in [5.74, 6) is -0.478. The van der Waals surface area contributed by atoms with E-state index in [0.29, 0.717) is 12.6 Å². The minimum atomic E-state index is -0.383. The van der Waals surface area contributed by atoms with Gasteiger partial charge in [0.15, 0.2) is 0 Å². The highest BCUT2D eigenvalue weighted by molar-refractivity contribution is 5.93. The number of anilines is 1. The standard InChI is InChI=1S/C20H21FN4O/c21-16-5-11-25(13-16)20(26)14-24-9-6-17(7-10-24)23-19-3-1-2-15-12-22-8-4-18(15)19/h1-5,8,11-13,17,23H,6-7,9-10,14H2. The number of carbonyl (C=O) groups excluding carboxylic acids is 1. The lowest BCUT2D eigenvalue weighted by Gasteiger charge is -2.32. The average Bonchev–Trinajstić information content (AvgIpc) is 3.10. The van der Waals surface area contributed by atoms with E-state index in [0.717, 1.165) is 37.0 Å². The third-order valence-corrected chi connectivity index (χ3v) is 4.93. The molecule has 26 heavy (non-hydrogen) atoms. The van der Waals surface area contributed by atoms with Crippen LogP contribution in [0.5, 0.6) is 0 Å². The summed E-state index contributed by atoms with van der Waals surface area (Å²) in [6.45, 7) is 2.01. The van der Waals surface area contributed by atoms with Gasteiger partial charge in [-0.1, -0.05) is 12.1 Å². The number of carbonyl (C=O) groups is 1. The quantitative estimate of drug-likeness (QED) is 0.782. The summed E-state index contributed by atoms with van der Waals surface area (Å²) >= 11 is 0. The van der Waals surface area contributed by atoms with E-state index in [2.05, 4.69) is 27.3 Å². The number of halogens is 1. The lowest BCUT2D eigenvalue weighted by Crippen LogP contribution is -2.42. The van der Waals surface area contributed by atoms with Crippen LogP contribution in [-0.2, 0) is 0 Å². The number of hydrogen-bond donors (Lipinski definition) is 1. The number of likely N-dealkylation sites (tertiary alicyclic amines) is 1. The van der Waals surface area contributed by atoms with Gasteiger partial charge in [0.2, 0.25) is 5.91 Å². The molecular weight excluding hydrogens is 331 g/mol. The van der Waals surface area contributed by atoms with Crippen LogP contribution in [0.25, 0.3) is 10.8 Å². The van der Waals surface area contributed by atoms with Crippen LogP contribution in [0.3, 0.4) is 0 Å². The predicted octanol–water partition coefficient (Wildman–Crippen LogP) is 3.39. The van der Waals surface area contributed by atoms with Gasteiger partial charge in [-0.3, -0.25) is 19.2 Å². The van der Waals surface area contributed by atoms with Gasteiger partial charge in [0.1, 0.15) is 5.82 Å². The van der Waals surface area contributed by atoms with Gasteiger partial charge in [-0.2, -0.15) is 0 Å². The molecule has 0 spiro atoms. The van der Waals surface area contributed by atoms with E-state index in [-0.39, 0.29) is 11.7 Å². The minimum Gasteiger partial charge on any atom is -0.382 e. The highest BCUT2D eigenvalue weighted by Gasteiger charge is 2.21. The zero-order chi connectivity index (χ0) is 17.9. The Balaban J connectivity index is 1.34. The fraction of sp³-hybridized carbons (Fsp3) is 0.300. The van der Waals surface area contributed by atoms with Gasteiger partial charge in [-0.15, -0.1) is 0 Å². The van der Waals surface area contributed by atoms with E-state index in [9.17, 15) is 9.18 Å². The molecule has 2 aromatic heterocycles. The Morgan fingerprint density at radius 2 is 2.08 bits per heavy atom. The monoisotopic (exact) mass is 352 g/mol. The van der Waals surface area contributed by atoms with Gasteiger partial charge in [-0.05, 0) is 31.0 Å². The maximum Gasteiger partial charge on any atom is 0.244 e. The molecule has 0 radical (unpaired) electrons. The van der Waals surface area contributed by atoms with Crippen molar-refractivity contribution in [3.63, 3.8) is 0 Å². The molecule has 0 amide bonds. The van der Waals surface area contributed by atoms with Gasteiger partial charge >= 0.3 is 0 Å². The molecule has 1 fully saturated rings. The first-order chi connectivity index (χ1) is 12.7. The Labute approximate surface area is 151 Å². The Kier molecular flexibility index (Phi) is 4.67. The lowest BCUT2D eigenvalue weighted by molar-refractivity contribution is 0.0829. The lowest BCUT2D eigenvalue weighted by atomic mass is 10.0.